The van der Waals surface area contributed by atoms with E-state index in [1.165, 1.54) is 17.3 Å². The molecule has 1 N–H and O–H groups in total. The minimum absolute atomic E-state index is 0.0194. The number of aryl methyl sites for hydroxylation is 1. The number of thioether (sulfide) groups is 1. The molecule has 0 unspecified atom stereocenters. The molecule has 3 aromatic rings. The fraction of sp³-hybridized carbons (Fsp3) is 0.120. The Bertz CT molecular complexity index is 1090. The summed E-state index contributed by atoms with van der Waals surface area (Å²) in [4.78, 5) is 29.0. The fourth-order valence-corrected chi connectivity index (χ4v) is 4.28. The van der Waals surface area contributed by atoms with Gasteiger partial charge in [0.15, 0.2) is 0 Å². The molecule has 0 aliphatic carbocycles. The molecular weight excluding hydrogens is 392 g/mol. The lowest BCUT2D eigenvalue weighted by Gasteiger charge is -2.29. The van der Waals surface area contributed by atoms with Crippen LogP contribution in [0.1, 0.15) is 16.7 Å². The van der Waals surface area contributed by atoms with Gasteiger partial charge in [-0.1, -0.05) is 84.1 Å². The number of nitrogens with zero attached hydrogens (tertiary/aromatic N) is 1. The van der Waals surface area contributed by atoms with Crippen LogP contribution in [0.4, 0.5) is 5.69 Å². The van der Waals surface area contributed by atoms with Crippen molar-refractivity contribution in [3.8, 4) is 0 Å². The number of carbonyl (C=O) groups excluding carboxylic acids is 2. The molecule has 0 radical (unpaired) electrons. The summed E-state index contributed by atoms with van der Waals surface area (Å²) < 4.78 is 0. The number of carbonyl (C=O) groups is 2. The summed E-state index contributed by atoms with van der Waals surface area (Å²) in [5.41, 5.74) is 3.93. The van der Waals surface area contributed by atoms with E-state index in [2.05, 4.69) is 5.32 Å². The van der Waals surface area contributed by atoms with Crippen LogP contribution in [0.15, 0.2) is 88.7 Å². The number of fused-ring (bicyclic) bond motifs is 1. The SMILES string of the molecule is Cc1ccc(CNC(=O)CN2C(=O)C(=Cc3ccccc3)Sc3ccccc32)cc1. The van der Waals surface area contributed by atoms with Gasteiger partial charge in [-0.05, 0) is 36.3 Å². The third-order valence-electron chi connectivity index (χ3n) is 4.84. The summed E-state index contributed by atoms with van der Waals surface area (Å²) in [6, 6.07) is 25.4. The Morgan fingerprint density at radius 3 is 2.43 bits per heavy atom. The fourth-order valence-electron chi connectivity index (χ4n) is 3.23. The van der Waals surface area contributed by atoms with Crippen molar-refractivity contribution in [2.24, 2.45) is 0 Å². The smallest absolute Gasteiger partial charge is 0.265 e. The molecule has 0 saturated heterocycles. The standard InChI is InChI=1S/C25H22N2O2S/c1-18-11-13-20(14-12-18)16-26-24(28)17-27-21-9-5-6-10-22(21)30-23(25(27)29)15-19-7-3-2-4-8-19/h2-15H,16-17H2,1H3,(H,26,28). The lowest BCUT2D eigenvalue weighted by Crippen LogP contribution is -2.42. The zero-order chi connectivity index (χ0) is 20.9. The van der Waals surface area contributed by atoms with E-state index in [0.29, 0.717) is 11.4 Å². The van der Waals surface area contributed by atoms with Crippen LogP contribution in [-0.2, 0) is 16.1 Å². The van der Waals surface area contributed by atoms with E-state index >= 15 is 0 Å². The minimum atomic E-state index is -0.190. The number of amides is 2. The van der Waals surface area contributed by atoms with Crippen molar-refractivity contribution >= 4 is 35.3 Å². The summed E-state index contributed by atoms with van der Waals surface area (Å²) in [6.45, 7) is 2.44. The Kier molecular flexibility index (Phi) is 6.00. The van der Waals surface area contributed by atoms with Gasteiger partial charge in [-0.25, -0.2) is 0 Å². The first-order chi connectivity index (χ1) is 14.6. The lowest BCUT2D eigenvalue weighted by molar-refractivity contribution is -0.122. The second-order valence-electron chi connectivity index (χ2n) is 7.14. The molecule has 0 atom stereocenters. The molecule has 0 spiro atoms. The van der Waals surface area contributed by atoms with Crippen LogP contribution < -0.4 is 10.2 Å². The second-order valence-corrected chi connectivity index (χ2v) is 8.23. The predicted molar refractivity (Wildman–Crippen MR) is 122 cm³/mol. The van der Waals surface area contributed by atoms with Gasteiger partial charge in [-0.2, -0.15) is 0 Å². The highest BCUT2D eigenvalue weighted by Gasteiger charge is 2.30. The zero-order valence-electron chi connectivity index (χ0n) is 16.7. The first-order valence-corrected chi connectivity index (χ1v) is 10.6. The molecule has 1 heterocycles. The summed E-state index contributed by atoms with van der Waals surface area (Å²) >= 11 is 1.44. The number of para-hydroxylation sites is 1. The molecule has 30 heavy (non-hydrogen) atoms. The first-order valence-electron chi connectivity index (χ1n) is 9.78. The van der Waals surface area contributed by atoms with Crippen LogP contribution in [0.2, 0.25) is 0 Å². The Labute approximate surface area is 180 Å². The molecule has 150 valence electrons. The third-order valence-corrected chi connectivity index (χ3v) is 5.92. The summed E-state index contributed by atoms with van der Waals surface area (Å²) in [5.74, 6) is -0.349. The van der Waals surface area contributed by atoms with Gasteiger partial charge >= 0.3 is 0 Å². The van der Waals surface area contributed by atoms with E-state index in [4.69, 9.17) is 0 Å². The third kappa shape index (κ3) is 4.63. The normalized spacial score (nSPS) is 14.5. The van der Waals surface area contributed by atoms with Gasteiger partial charge < -0.3 is 5.32 Å². The molecule has 5 heteroatoms. The summed E-state index contributed by atoms with van der Waals surface area (Å²) in [5, 5.41) is 2.92. The van der Waals surface area contributed by atoms with Crippen molar-refractivity contribution in [2.45, 2.75) is 18.4 Å². The first kappa shape index (κ1) is 20.0. The van der Waals surface area contributed by atoms with E-state index < -0.39 is 0 Å². The molecular formula is C25H22N2O2S. The van der Waals surface area contributed by atoms with E-state index in [-0.39, 0.29) is 18.4 Å². The largest absolute Gasteiger partial charge is 0.350 e. The molecule has 4 rings (SSSR count). The molecule has 4 nitrogen and oxygen atoms in total. The number of hydrogen-bond donors (Lipinski definition) is 1. The highest BCUT2D eigenvalue weighted by molar-refractivity contribution is 8.04. The van der Waals surface area contributed by atoms with Gasteiger partial charge in [0.2, 0.25) is 5.91 Å². The van der Waals surface area contributed by atoms with E-state index in [9.17, 15) is 9.59 Å². The predicted octanol–water partition coefficient (Wildman–Crippen LogP) is 4.79. The van der Waals surface area contributed by atoms with Gasteiger partial charge in [-0.3, -0.25) is 14.5 Å². The van der Waals surface area contributed by atoms with Crippen LogP contribution in [0.25, 0.3) is 6.08 Å². The average molecular weight is 415 g/mol. The molecule has 0 saturated carbocycles. The molecule has 1 aliphatic heterocycles. The number of rotatable bonds is 5. The van der Waals surface area contributed by atoms with E-state index in [1.807, 2.05) is 91.9 Å². The molecule has 3 aromatic carbocycles. The van der Waals surface area contributed by atoms with Gasteiger partial charge in [-0.15, -0.1) is 0 Å². The van der Waals surface area contributed by atoms with Crippen molar-refractivity contribution in [3.05, 3.63) is 100 Å². The Hall–Kier alpha value is -3.31. The molecule has 0 fully saturated rings. The molecule has 0 aromatic heterocycles. The van der Waals surface area contributed by atoms with Crippen LogP contribution in [0.5, 0.6) is 0 Å². The minimum Gasteiger partial charge on any atom is -0.350 e. The summed E-state index contributed by atoms with van der Waals surface area (Å²) in [7, 11) is 0. The number of hydrogen-bond acceptors (Lipinski definition) is 3. The summed E-state index contributed by atoms with van der Waals surface area (Å²) in [6.07, 6.45) is 1.88. The van der Waals surface area contributed by atoms with Crippen LogP contribution in [0, 0.1) is 6.92 Å². The number of nitrogens with one attached hydrogen (secondary N) is 1. The van der Waals surface area contributed by atoms with Gasteiger partial charge in [0.05, 0.1) is 10.6 Å². The highest BCUT2D eigenvalue weighted by atomic mass is 32.2. The zero-order valence-corrected chi connectivity index (χ0v) is 17.5. The maximum Gasteiger partial charge on any atom is 0.265 e. The molecule has 2 amide bonds. The van der Waals surface area contributed by atoms with Crippen molar-refractivity contribution in [3.63, 3.8) is 0 Å². The van der Waals surface area contributed by atoms with Crippen molar-refractivity contribution in [2.75, 3.05) is 11.4 Å². The Morgan fingerprint density at radius 1 is 0.967 bits per heavy atom. The molecule has 1 aliphatic rings. The van der Waals surface area contributed by atoms with Crippen LogP contribution >= 0.6 is 11.8 Å². The Morgan fingerprint density at radius 2 is 1.67 bits per heavy atom. The van der Waals surface area contributed by atoms with Gasteiger partial charge in [0.1, 0.15) is 6.54 Å². The second kappa shape index (κ2) is 9.01. The average Bonchev–Trinajstić information content (AvgIpc) is 2.77. The van der Waals surface area contributed by atoms with Crippen LogP contribution in [0.3, 0.4) is 0 Å². The van der Waals surface area contributed by atoms with Crippen molar-refractivity contribution < 1.29 is 9.59 Å². The van der Waals surface area contributed by atoms with Crippen LogP contribution in [-0.4, -0.2) is 18.4 Å². The Balaban J connectivity index is 1.53. The monoisotopic (exact) mass is 414 g/mol. The maximum atomic E-state index is 13.2. The van der Waals surface area contributed by atoms with Crippen molar-refractivity contribution in [1.29, 1.82) is 0 Å². The van der Waals surface area contributed by atoms with Crippen molar-refractivity contribution in [1.82, 2.24) is 5.32 Å². The van der Waals surface area contributed by atoms with Gasteiger partial charge in [0, 0.05) is 11.4 Å². The number of anilines is 1. The molecule has 0 bridgehead atoms. The lowest BCUT2D eigenvalue weighted by atomic mass is 10.1. The topological polar surface area (TPSA) is 49.4 Å². The highest BCUT2D eigenvalue weighted by Crippen LogP contribution is 2.41. The van der Waals surface area contributed by atoms with E-state index in [1.54, 1.807) is 4.90 Å². The number of benzene rings is 3. The van der Waals surface area contributed by atoms with Gasteiger partial charge in [0.25, 0.3) is 5.91 Å². The van der Waals surface area contributed by atoms with E-state index in [0.717, 1.165) is 21.7 Å². The quantitative estimate of drug-likeness (QED) is 0.611. The maximum absolute atomic E-state index is 13.2.